The second-order valence-corrected chi connectivity index (χ2v) is 7.21. The maximum Gasteiger partial charge on any atom is 0.317 e. The van der Waals surface area contributed by atoms with Gasteiger partial charge in [-0.3, -0.25) is 0 Å². The van der Waals surface area contributed by atoms with Crippen molar-refractivity contribution >= 4 is 17.6 Å². The Hall–Kier alpha value is -2.27. The van der Waals surface area contributed by atoms with Gasteiger partial charge in [0.2, 0.25) is 0 Å². The summed E-state index contributed by atoms with van der Waals surface area (Å²) in [5.41, 5.74) is 1.91. The summed E-state index contributed by atoms with van der Waals surface area (Å²) in [6.45, 7) is 0.898. The van der Waals surface area contributed by atoms with Crippen LogP contribution in [0.5, 0.6) is 5.75 Å². The summed E-state index contributed by atoms with van der Waals surface area (Å²) in [5.74, 6) is -0.238. The number of nitrogens with zero attached hydrogens (tertiary/aromatic N) is 1. The molecular weight excluding hydrogens is 355 g/mol. The molecule has 0 aromatic heterocycles. The van der Waals surface area contributed by atoms with Gasteiger partial charge in [-0.05, 0) is 48.2 Å². The van der Waals surface area contributed by atoms with E-state index in [4.69, 9.17) is 16.3 Å². The van der Waals surface area contributed by atoms with E-state index < -0.39 is 5.82 Å². The third kappa shape index (κ3) is 4.10. The van der Waals surface area contributed by atoms with Crippen molar-refractivity contribution in [2.24, 2.45) is 0 Å². The number of carbonyl (C=O) groups excluding carboxylic acids is 1. The molecule has 0 atom stereocenters. The molecule has 1 aliphatic rings. The molecule has 6 heteroatoms. The van der Waals surface area contributed by atoms with E-state index in [1.165, 1.54) is 18.7 Å². The quantitative estimate of drug-likeness (QED) is 0.813. The van der Waals surface area contributed by atoms with Crippen molar-refractivity contribution < 1.29 is 13.9 Å². The molecule has 0 bridgehead atoms. The minimum absolute atomic E-state index is 0.00725. The van der Waals surface area contributed by atoms with E-state index in [0.29, 0.717) is 23.7 Å². The van der Waals surface area contributed by atoms with E-state index >= 15 is 0 Å². The summed E-state index contributed by atoms with van der Waals surface area (Å²) in [5, 5.41) is 3.70. The van der Waals surface area contributed by atoms with Crippen molar-refractivity contribution in [3.8, 4) is 5.75 Å². The van der Waals surface area contributed by atoms with Crippen LogP contribution < -0.4 is 10.1 Å². The highest BCUT2D eigenvalue weighted by atomic mass is 35.5. The van der Waals surface area contributed by atoms with E-state index in [1.54, 1.807) is 24.1 Å². The van der Waals surface area contributed by atoms with Crippen LogP contribution in [0.15, 0.2) is 42.5 Å². The maximum atomic E-state index is 13.8. The summed E-state index contributed by atoms with van der Waals surface area (Å²) in [6, 6.07) is 12.3. The zero-order valence-corrected chi connectivity index (χ0v) is 15.6. The molecule has 0 unspecified atom stereocenters. The molecule has 1 saturated carbocycles. The van der Waals surface area contributed by atoms with Crippen molar-refractivity contribution in [1.29, 1.82) is 0 Å². The molecule has 0 heterocycles. The average molecular weight is 377 g/mol. The molecule has 2 aromatic rings. The third-order valence-corrected chi connectivity index (χ3v) is 5.12. The lowest BCUT2D eigenvalue weighted by Gasteiger charge is -2.22. The van der Waals surface area contributed by atoms with Gasteiger partial charge in [0.1, 0.15) is 0 Å². The Labute approximate surface area is 157 Å². The van der Waals surface area contributed by atoms with Gasteiger partial charge in [0, 0.05) is 30.6 Å². The molecule has 3 rings (SSSR count). The second kappa shape index (κ2) is 7.54. The van der Waals surface area contributed by atoms with Gasteiger partial charge >= 0.3 is 6.03 Å². The van der Waals surface area contributed by atoms with E-state index in [0.717, 1.165) is 12.8 Å². The van der Waals surface area contributed by atoms with Crippen LogP contribution in [-0.4, -0.2) is 31.6 Å². The van der Waals surface area contributed by atoms with Gasteiger partial charge in [0.15, 0.2) is 11.6 Å². The number of carbonyl (C=O) groups is 1. The summed E-state index contributed by atoms with van der Waals surface area (Å²) >= 11 is 5.95. The van der Waals surface area contributed by atoms with Crippen LogP contribution in [0, 0.1) is 5.82 Å². The third-order valence-electron chi connectivity index (χ3n) is 4.87. The molecule has 1 aliphatic carbocycles. The number of hydrogen-bond donors (Lipinski definition) is 1. The van der Waals surface area contributed by atoms with Crippen molar-refractivity contribution in [2.75, 3.05) is 20.7 Å². The number of methoxy groups -OCH3 is 1. The summed E-state index contributed by atoms with van der Waals surface area (Å²) in [6.07, 6.45) is 2.09. The molecule has 4 nitrogen and oxygen atoms in total. The molecule has 0 radical (unpaired) electrons. The molecule has 26 heavy (non-hydrogen) atoms. The van der Waals surface area contributed by atoms with Crippen molar-refractivity contribution in [3.05, 3.63) is 64.4 Å². The lowest BCUT2D eigenvalue weighted by Crippen LogP contribution is -2.40. The number of hydrogen-bond acceptors (Lipinski definition) is 2. The number of halogens is 2. The van der Waals surface area contributed by atoms with Crippen molar-refractivity contribution in [3.63, 3.8) is 0 Å². The number of nitrogens with one attached hydrogen (secondary N) is 1. The second-order valence-electron chi connectivity index (χ2n) is 6.77. The SMILES string of the molecule is COc1ccc(CN(C)C(=O)NCC2(c3ccc(Cl)cc3)CC2)cc1F. The first-order valence-corrected chi connectivity index (χ1v) is 8.89. The average Bonchev–Trinajstić information content (AvgIpc) is 3.41. The van der Waals surface area contributed by atoms with Crippen LogP contribution in [0.4, 0.5) is 9.18 Å². The minimum atomic E-state index is -0.432. The highest BCUT2D eigenvalue weighted by molar-refractivity contribution is 6.30. The van der Waals surface area contributed by atoms with Gasteiger partial charge in [-0.2, -0.15) is 0 Å². The predicted octanol–water partition coefficient (Wildman–Crippen LogP) is 4.36. The molecule has 0 saturated heterocycles. The highest BCUT2D eigenvalue weighted by Crippen LogP contribution is 2.47. The zero-order chi connectivity index (χ0) is 18.7. The Morgan fingerprint density at radius 3 is 2.54 bits per heavy atom. The number of rotatable bonds is 6. The van der Waals surface area contributed by atoms with Gasteiger partial charge in [0.05, 0.1) is 7.11 Å². The fourth-order valence-corrected chi connectivity index (χ4v) is 3.18. The summed E-state index contributed by atoms with van der Waals surface area (Å²) in [4.78, 5) is 13.9. The Morgan fingerprint density at radius 1 is 1.27 bits per heavy atom. The standard InChI is InChI=1S/C20H22ClFN2O2/c1-24(12-14-3-8-18(26-2)17(22)11-14)19(25)23-13-20(9-10-20)15-4-6-16(21)7-5-15/h3-8,11H,9-10,12-13H2,1-2H3,(H,23,25). The van der Waals surface area contributed by atoms with E-state index in [1.807, 2.05) is 24.3 Å². The van der Waals surface area contributed by atoms with Crippen LogP contribution in [0.25, 0.3) is 0 Å². The van der Waals surface area contributed by atoms with Crippen LogP contribution in [0.2, 0.25) is 5.02 Å². The number of benzene rings is 2. The topological polar surface area (TPSA) is 41.6 Å². The maximum absolute atomic E-state index is 13.8. The number of urea groups is 1. The fraction of sp³-hybridized carbons (Fsp3) is 0.350. The van der Waals surface area contributed by atoms with Crippen LogP contribution >= 0.6 is 11.6 Å². The predicted molar refractivity (Wildman–Crippen MR) is 100 cm³/mol. The zero-order valence-electron chi connectivity index (χ0n) is 14.9. The number of ether oxygens (including phenoxy) is 1. The Balaban J connectivity index is 1.56. The van der Waals surface area contributed by atoms with Gasteiger partial charge in [0.25, 0.3) is 0 Å². The van der Waals surface area contributed by atoms with Gasteiger partial charge in [-0.15, -0.1) is 0 Å². The molecule has 138 valence electrons. The summed E-state index contributed by atoms with van der Waals surface area (Å²) < 4.78 is 18.7. The molecule has 0 spiro atoms. The van der Waals surface area contributed by atoms with Gasteiger partial charge in [-0.1, -0.05) is 29.8 Å². The molecule has 1 fully saturated rings. The smallest absolute Gasteiger partial charge is 0.317 e. The van der Waals surface area contributed by atoms with Crippen LogP contribution in [0.1, 0.15) is 24.0 Å². The highest BCUT2D eigenvalue weighted by Gasteiger charge is 2.44. The first-order chi connectivity index (χ1) is 12.4. The first kappa shape index (κ1) is 18.5. The molecule has 1 N–H and O–H groups in total. The van der Waals surface area contributed by atoms with Crippen LogP contribution in [-0.2, 0) is 12.0 Å². The summed E-state index contributed by atoms with van der Waals surface area (Å²) in [7, 11) is 3.12. The Bertz CT molecular complexity index is 791. The van der Waals surface area contributed by atoms with E-state index in [-0.39, 0.29) is 17.2 Å². The Morgan fingerprint density at radius 2 is 1.96 bits per heavy atom. The molecular formula is C20H22ClFN2O2. The van der Waals surface area contributed by atoms with Crippen LogP contribution in [0.3, 0.4) is 0 Å². The fourth-order valence-electron chi connectivity index (χ4n) is 3.06. The largest absolute Gasteiger partial charge is 0.494 e. The van der Waals surface area contributed by atoms with Crippen molar-refractivity contribution in [2.45, 2.75) is 24.8 Å². The normalized spacial score (nSPS) is 14.6. The van der Waals surface area contributed by atoms with Crippen molar-refractivity contribution in [1.82, 2.24) is 10.2 Å². The van der Waals surface area contributed by atoms with Gasteiger partial charge < -0.3 is 15.0 Å². The molecule has 2 amide bonds. The van der Waals surface area contributed by atoms with Gasteiger partial charge in [-0.25, -0.2) is 9.18 Å². The van der Waals surface area contributed by atoms with E-state index in [2.05, 4.69) is 5.32 Å². The Kier molecular flexibility index (Phi) is 5.37. The minimum Gasteiger partial charge on any atom is -0.494 e. The molecule has 2 aromatic carbocycles. The lowest BCUT2D eigenvalue weighted by molar-refractivity contribution is 0.205. The molecule has 0 aliphatic heterocycles. The first-order valence-electron chi connectivity index (χ1n) is 8.51. The lowest BCUT2D eigenvalue weighted by atomic mass is 9.96. The van der Waals surface area contributed by atoms with E-state index in [9.17, 15) is 9.18 Å². The number of amides is 2. The monoisotopic (exact) mass is 376 g/mol.